The van der Waals surface area contributed by atoms with Crippen LogP contribution in [0.4, 0.5) is 11.4 Å². The number of nitrogens with one attached hydrogen (secondary N) is 2. The third kappa shape index (κ3) is 8.62. The predicted octanol–water partition coefficient (Wildman–Crippen LogP) is 5.08. The fourth-order valence-corrected chi connectivity index (χ4v) is 12.1. The Hall–Kier alpha value is -5.14. The quantitative estimate of drug-likeness (QED) is 0.175. The number of hydrogen-bond donors (Lipinski definition) is 4. The average Bonchev–Trinajstić information content (AvgIpc) is 3.73. The van der Waals surface area contributed by atoms with Crippen molar-refractivity contribution >= 4 is 46.7 Å². The summed E-state index contributed by atoms with van der Waals surface area (Å²) >= 11 is 0. The van der Waals surface area contributed by atoms with Crippen molar-refractivity contribution < 1.29 is 43.3 Å². The summed E-state index contributed by atoms with van der Waals surface area (Å²) in [4.78, 5) is 79.0. The van der Waals surface area contributed by atoms with E-state index in [0.29, 0.717) is 31.6 Å². The van der Waals surface area contributed by atoms with Crippen molar-refractivity contribution in [1.29, 1.82) is 0 Å². The van der Waals surface area contributed by atoms with Gasteiger partial charge in [0.15, 0.2) is 18.2 Å². The molecule has 332 valence electrons. The Morgan fingerprint density at radius 2 is 1.79 bits per heavy atom. The van der Waals surface area contributed by atoms with E-state index in [0.717, 1.165) is 41.6 Å². The lowest BCUT2D eigenvalue weighted by Gasteiger charge is -2.60. The number of nitrogens with zero attached hydrogens (tertiary/aromatic N) is 1. The number of esters is 2. The Balaban J connectivity index is 1.05. The summed E-state index contributed by atoms with van der Waals surface area (Å²) in [5.41, 5.74) is 8.32. The number of rotatable bonds is 15. The van der Waals surface area contributed by atoms with E-state index in [1.807, 2.05) is 38.1 Å². The molecule has 7 rings (SSSR count). The zero-order chi connectivity index (χ0) is 44.6. The van der Waals surface area contributed by atoms with Crippen LogP contribution in [-0.2, 0) is 44.7 Å². The topological polar surface area (TPSA) is 194 Å². The second-order valence-electron chi connectivity index (χ2n) is 19.2. The Labute approximate surface area is 364 Å². The lowest BCUT2D eigenvalue weighted by molar-refractivity contribution is -0.163. The van der Waals surface area contributed by atoms with E-state index in [-0.39, 0.29) is 73.8 Å². The Morgan fingerprint density at radius 3 is 2.50 bits per heavy atom. The third-order valence-electron chi connectivity index (χ3n) is 14.9. The molecule has 0 aromatic heterocycles. The maximum Gasteiger partial charge on any atom is 0.305 e. The van der Waals surface area contributed by atoms with Crippen LogP contribution >= 0.6 is 0 Å². The highest BCUT2D eigenvalue weighted by Crippen LogP contribution is 2.72. The minimum absolute atomic E-state index is 0.000670. The molecule has 5 aliphatic rings. The van der Waals surface area contributed by atoms with Gasteiger partial charge in [0.05, 0.1) is 24.7 Å². The second kappa shape index (κ2) is 17.9. The Bertz CT molecular complexity index is 2150. The number of Topliss-reactive ketones (excluding diaryl/α,β-unsaturated/α-hetero) is 1. The Kier molecular flexibility index (Phi) is 13.0. The molecule has 0 unspecified atom stereocenters. The zero-order valence-electron chi connectivity index (χ0n) is 36.6. The molecular weight excluding hydrogens is 789 g/mol. The number of ether oxygens (including phenoxy) is 2. The highest BCUT2D eigenvalue weighted by atomic mass is 16.5. The van der Waals surface area contributed by atoms with Crippen molar-refractivity contribution in [2.75, 3.05) is 43.1 Å². The van der Waals surface area contributed by atoms with Gasteiger partial charge in [0.25, 0.3) is 0 Å². The van der Waals surface area contributed by atoms with Gasteiger partial charge in [-0.3, -0.25) is 28.8 Å². The maximum absolute atomic E-state index is 14.6. The SMILES string of the molecule is CC(=O)OCC(=O)[C@@]12CN(c3ccc(Cc4cccc(NC(=O)[C@H](CCC(=O)OCC(C)C)NC(=O)CN)c4)cc3)C[C@@H]1C[C@H]1[C@@H]3CCC4=CC(=O)C=C[C@]4(C)[C@H]3[C@@H](O)C[C@@]12C. The number of fused-ring (bicyclic) bond motifs is 7. The van der Waals surface area contributed by atoms with Gasteiger partial charge in [-0.2, -0.15) is 0 Å². The van der Waals surface area contributed by atoms with Gasteiger partial charge >= 0.3 is 11.9 Å². The number of carbonyl (C=O) groups is 6. The molecule has 1 saturated heterocycles. The van der Waals surface area contributed by atoms with Gasteiger partial charge in [-0.1, -0.05) is 63.6 Å². The van der Waals surface area contributed by atoms with Crippen molar-refractivity contribution in [3.63, 3.8) is 0 Å². The number of hydrogen-bond acceptors (Lipinski definition) is 11. The van der Waals surface area contributed by atoms with Gasteiger partial charge in [0, 0.05) is 49.1 Å². The molecule has 3 saturated carbocycles. The highest BCUT2D eigenvalue weighted by Gasteiger charge is 2.73. The largest absolute Gasteiger partial charge is 0.465 e. The molecule has 0 radical (unpaired) electrons. The molecule has 13 heteroatoms. The lowest BCUT2D eigenvalue weighted by Crippen LogP contribution is -2.60. The van der Waals surface area contributed by atoms with Crippen molar-refractivity contribution in [1.82, 2.24) is 5.32 Å². The fraction of sp³-hybridized carbons (Fsp3) is 0.551. The van der Waals surface area contributed by atoms with E-state index < -0.39 is 52.1 Å². The van der Waals surface area contributed by atoms with Crippen LogP contribution in [0.15, 0.2) is 72.3 Å². The molecule has 4 aliphatic carbocycles. The van der Waals surface area contributed by atoms with Crippen LogP contribution in [0.1, 0.15) is 84.3 Å². The first-order chi connectivity index (χ1) is 29.5. The van der Waals surface area contributed by atoms with Crippen LogP contribution in [-0.4, -0.2) is 85.4 Å². The van der Waals surface area contributed by atoms with Crippen LogP contribution in [0, 0.1) is 45.8 Å². The number of nitrogens with two attached hydrogens (primary N) is 1. The van der Waals surface area contributed by atoms with E-state index in [1.54, 1.807) is 18.2 Å². The molecular formula is C49H62N4O9. The van der Waals surface area contributed by atoms with Crippen molar-refractivity contribution in [3.8, 4) is 0 Å². The first-order valence-electron chi connectivity index (χ1n) is 22.1. The van der Waals surface area contributed by atoms with Gasteiger partial charge < -0.3 is 35.8 Å². The maximum atomic E-state index is 14.6. The molecule has 5 N–H and O–H groups in total. The van der Waals surface area contributed by atoms with E-state index in [2.05, 4.69) is 53.6 Å². The summed E-state index contributed by atoms with van der Waals surface area (Å²) in [5.74, 6) is -1.52. The van der Waals surface area contributed by atoms with Gasteiger partial charge in [-0.05, 0) is 115 Å². The molecule has 2 aromatic rings. The first kappa shape index (κ1) is 44.9. The van der Waals surface area contributed by atoms with Crippen LogP contribution in [0.5, 0.6) is 0 Å². The van der Waals surface area contributed by atoms with Crippen molar-refractivity contribution in [3.05, 3.63) is 83.5 Å². The van der Waals surface area contributed by atoms with E-state index in [9.17, 15) is 33.9 Å². The monoisotopic (exact) mass is 850 g/mol. The van der Waals surface area contributed by atoms with Crippen molar-refractivity contribution in [2.24, 2.45) is 51.6 Å². The van der Waals surface area contributed by atoms with Gasteiger partial charge in [0.1, 0.15) is 6.04 Å². The summed E-state index contributed by atoms with van der Waals surface area (Å²) in [6.45, 7) is 10.3. The molecule has 4 fully saturated rings. The minimum Gasteiger partial charge on any atom is -0.465 e. The summed E-state index contributed by atoms with van der Waals surface area (Å²) in [7, 11) is 0. The van der Waals surface area contributed by atoms with E-state index in [1.165, 1.54) is 6.92 Å². The number of allylic oxidation sites excluding steroid dienone is 4. The molecule has 13 nitrogen and oxygen atoms in total. The first-order valence-corrected chi connectivity index (χ1v) is 22.1. The Morgan fingerprint density at radius 1 is 1.03 bits per heavy atom. The molecule has 0 spiro atoms. The van der Waals surface area contributed by atoms with Crippen LogP contribution in [0.25, 0.3) is 0 Å². The van der Waals surface area contributed by atoms with E-state index in [4.69, 9.17) is 15.2 Å². The smallest absolute Gasteiger partial charge is 0.305 e. The van der Waals surface area contributed by atoms with Crippen LogP contribution < -0.4 is 21.3 Å². The molecule has 62 heavy (non-hydrogen) atoms. The summed E-state index contributed by atoms with van der Waals surface area (Å²) in [5, 5.41) is 17.6. The van der Waals surface area contributed by atoms with Crippen LogP contribution in [0.2, 0.25) is 0 Å². The third-order valence-corrected chi connectivity index (χ3v) is 14.9. The summed E-state index contributed by atoms with van der Waals surface area (Å²) < 4.78 is 10.6. The lowest BCUT2D eigenvalue weighted by atomic mass is 9.44. The molecule has 2 aromatic carbocycles. The number of carbonyl (C=O) groups excluding carboxylic acids is 6. The molecule has 2 amide bonds. The minimum atomic E-state index is -0.980. The molecule has 1 heterocycles. The summed E-state index contributed by atoms with van der Waals surface area (Å²) in [6, 6.07) is 14.7. The molecule has 0 bridgehead atoms. The second-order valence-corrected chi connectivity index (χ2v) is 19.2. The number of ketones is 2. The van der Waals surface area contributed by atoms with Gasteiger partial charge in [0.2, 0.25) is 11.8 Å². The van der Waals surface area contributed by atoms with Gasteiger partial charge in [-0.15, -0.1) is 0 Å². The number of amides is 2. The average molecular weight is 851 g/mol. The summed E-state index contributed by atoms with van der Waals surface area (Å²) in [6.07, 6.45) is 8.26. The number of aliphatic hydroxyl groups excluding tert-OH is 1. The number of aliphatic hydroxyl groups is 1. The predicted molar refractivity (Wildman–Crippen MR) is 234 cm³/mol. The molecule has 1 aliphatic heterocycles. The van der Waals surface area contributed by atoms with E-state index >= 15 is 0 Å². The number of anilines is 2. The normalized spacial score (nSPS) is 30.0. The zero-order valence-corrected chi connectivity index (χ0v) is 36.6. The fourth-order valence-electron chi connectivity index (χ4n) is 12.1. The number of benzene rings is 2. The molecule has 9 atom stereocenters. The van der Waals surface area contributed by atoms with Crippen molar-refractivity contribution in [2.45, 2.75) is 91.7 Å². The van der Waals surface area contributed by atoms with Crippen LogP contribution in [0.3, 0.4) is 0 Å². The highest BCUT2D eigenvalue weighted by molar-refractivity contribution is 6.01. The standard InChI is InChI=1S/C49H62N4O9/c1-29(2)26-62-44(59)16-15-40(52-43(58)24-50)46(60)51-35-8-6-7-32(20-35)19-31-9-12-36(13-10-31)53-25-34-22-39-38-14-11-33-21-37(55)17-18-47(33,4)45(38)41(56)23-48(39,5)49(34,28-53)42(57)27-61-30(3)54/h6-10,12-13,17-18,20-21,29,34,38-41,45,56H,11,14-16,19,22-28,50H2,1-5H3,(H,51,60)(H,52,58)/t34-,38-,39-,40-,41-,45+,47-,48-,49+/m0/s1. The van der Waals surface area contributed by atoms with Gasteiger partial charge in [-0.25, -0.2) is 0 Å².